The summed E-state index contributed by atoms with van der Waals surface area (Å²) in [5.74, 6) is -9.24. The van der Waals surface area contributed by atoms with E-state index < -0.39 is 84.5 Å². The Balaban J connectivity index is 5.17. The number of carboxylic acid groups (broad SMARTS) is 4. The van der Waals surface area contributed by atoms with E-state index in [1.54, 1.807) is 0 Å². The summed E-state index contributed by atoms with van der Waals surface area (Å²) in [5, 5.41) is 44.4. The molecule has 0 unspecified atom stereocenters. The van der Waals surface area contributed by atoms with Gasteiger partial charge in [0.15, 0.2) is 0 Å². The first kappa shape index (κ1) is 36.4. The molecule has 0 rings (SSSR count). The van der Waals surface area contributed by atoms with Crippen molar-refractivity contribution >= 4 is 69.1 Å². The summed E-state index contributed by atoms with van der Waals surface area (Å²) in [6.45, 7) is -0.308. The largest absolute Gasteiger partial charge is 0.481 e. The Kier molecular flexibility index (Phi) is 17.7. The zero-order valence-corrected chi connectivity index (χ0v) is 22.6. The predicted octanol–water partition coefficient (Wildman–Crippen LogP) is -3.88. The van der Waals surface area contributed by atoms with Crippen molar-refractivity contribution in [2.24, 2.45) is 11.5 Å². The normalized spacial score (nSPS) is 13.6. The first-order valence-electron chi connectivity index (χ1n) is 11.4. The molecule has 0 aliphatic heterocycles. The average Bonchev–Trinajstić information content (AvgIpc) is 2.83. The summed E-state index contributed by atoms with van der Waals surface area (Å²) in [6, 6.07) is -5.03. The third-order valence-corrected chi connectivity index (χ3v) is 7.05. The molecule has 0 saturated carbocycles. The molecule has 20 heteroatoms. The van der Waals surface area contributed by atoms with Crippen molar-refractivity contribution in [3.63, 3.8) is 0 Å². The number of hydrogen-bond acceptors (Lipinski definition) is 12. The van der Waals surface area contributed by atoms with E-state index in [9.17, 15) is 38.4 Å². The van der Waals surface area contributed by atoms with Crippen LogP contribution in [0.3, 0.4) is 0 Å². The Morgan fingerprint density at radius 3 is 1.20 bits per heavy atom. The maximum Gasteiger partial charge on any atom is 0.320 e. The van der Waals surface area contributed by atoms with Crippen molar-refractivity contribution in [2.75, 3.05) is 24.6 Å². The molecule has 226 valence electrons. The van der Waals surface area contributed by atoms with E-state index >= 15 is 0 Å². The number of aliphatic carboxylic acids is 4. The van der Waals surface area contributed by atoms with E-state index in [0.29, 0.717) is 0 Å². The lowest BCUT2D eigenvalue weighted by Crippen LogP contribution is -2.50. The first-order chi connectivity index (χ1) is 18.6. The van der Waals surface area contributed by atoms with E-state index in [1.807, 2.05) is 0 Å². The van der Waals surface area contributed by atoms with Gasteiger partial charge < -0.3 is 53.2 Å². The third kappa shape index (κ3) is 17.1. The van der Waals surface area contributed by atoms with Gasteiger partial charge in [-0.3, -0.25) is 38.4 Å². The molecule has 0 aromatic heterocycles. The fourth-order valence-corrected chi connectivity index (χ4v) is 4.89. The van der Waals surface area contributed by atoms with Gasteiger partial charge in [-0.15, -0.1) is 0 Å². The van der Waals surface area contributed by atoms with Crippen molar-refractivity contribution in [3.05, 3.63) is 0 Å². The number of rotatable bonds is 21. The van der Waals surface area contributed by atoms with E-state index in [2.05, 4.69) is 21.3 Å². The van der Waals surface area contributed by atoms with Crippen LogP contribution >= 0.6 is 21.6 Å². The van der Waals surface area contributed by atoms with E-state index in [1.165, 1.54) is 0 Å². The molecule has 0 fully saturated rings. The minimum absolute atomic E-state index is 0.122. The second-order valence-corrected chi connectivity index (χ2v) is 10.6. The standard InChI is InChI=1S/C20H32N6O12S2/c21-9(19(35)36)1-3-23-17(33)11(25-13(27)5-15(29)30)7-39-40-8-12(26-14(28)6-16(31)32)18(34)24-4-2-10(22)20(37)38/h9-12H,1-8,21-22H2,(H,23,33)(H,24,34)(H,25,27)(H,26,28)(H,29,30)(H,31,32)(H,35,36)(H,37,38)/t9-,10-,11+,12+/m0/s1. The summed E-state index contributed by atoms with van der Waals surface area (Å²) in [5.41, 5.74) is 10.7. The number of carbonyl (C=O) groups is 8. The molecule has 0 bridgehead atoms. The summed E-state index contributed by atoms with van der Waals surface area (Å²) >= 11 is 0. The van der Waals surface area contributed by atoms with Gasteiger partial charge in [0.2, 0.25) is 23.6 Å². The maximum atomic E-state index is 12.5. The molecule has 0 radical (unpaired) electrons. The molecule has 0 aromatic carbocycles. The molecule has 0 aliphatic rings. The van der Waals surface area contributed by atoms with Gasteiger partial charge in [-0.05, 0) is 12.8 Å². The van der Waals surface area contributed by atoms with Crippen LogP contribution in [0.4, 0.5) is 0 Å². The van der Waals surface area contributed by atoms with Crippen molar-refractivity contribution in [3.8, 4) is 0 Å². The lowest BCUT2D eigenvalue weighted by molar-refractivity contribution is -0.143. The fraction of sp³-hybridized carbons (Fsp3) is 0.600. The molecule has 0 heterocycles. The monoisotopic (exact) mass is 612 g/mol. The molecular weight excluding hydrogens is 580 g/mol. The quantitative estimate of drug-likeness (QED) is 0.0336. The minimum Gasteiger partial charge on any atom is -0.481 e. The van der Waals surface area contributed by atoms with Crippen molar-refractivity contribution in [1.29, 1.82) is 0 Å². The Morgan fingerprint density at radius 2 is 0.925 bits per heavy atom. The molecule has 0 saturated heterocycles. The van der Waals surface area contributed by atoms with Crippen LogP contribution in [-0.2, 0) is 38.4 Å². The van der Waals surface area contributed by atoms with Crippen LogP contribution in [0, 0.1) is 0 Å². The highest BCUT2D eigenvalue weighted by atomic mass is 33.1. The molecular formula is C20H32N6O12S2. The number of amides is 4. The molecule has 40 heavy (non-hydrogen) atoms. The second kappa shape index (κ2) is 19.4. The first-order valence-corrected chi connectivity index (χ1v) is 13.9. The Morgan fingerprint density at radius 1 is 0.600 bits per heavy atom. The van der Waals surface area contributed by atoms with Gasteiger partial charge in [0.25, 0.3) is 0 Å². The maximum absolute atomic E-state index is 12.5. The van der Waals surface area contributed by atoms with Crippen molar-refractivity contribution in [1.82, 2.24) is 21.3 Å². The number of carbonyl (C=O) groups excluding carboxylic acids is 4. The molecule has 12 N–H and O–H groups in total. The average molecular weight is 613 g/mol. The highest BCUT2D eigenvalue weighted by Gasteiger charge is 2.25. The summed E-state index contributed by atoms with van der Waals surface area (Å²) in [6.07, 6.45) is -2.09. The fourth-order valence-electron chi connectivity index (χ4n) is 2.56. The molecule has 0 spiro atoms. The Bertz CT molecular complexity index is 879. The van der Waals surface area contributed by atoms with Gasteiger partial charge in [-0.2, -0.15) is 0 Å². The topological polar surface area (TPSA) is 318 Å². The Labute approximate surface area is 235 Å². The molecule has 4 atom stereocenters. The van der Waals surface area contributed by atoms with Crippen molar-refractivity contribution < 1.29 is 58.8 Å². The number of hydrogen-bond donors (Lipinski definition) is 10. The van der Waals surface area contributed by atoms with Gasteiger partial charge in [0.1, 0.15) is 37.0 Å². The SMILES string of the molecule is N[C@@H](CCNC(=O)[C@@H](CSSC[C@@H](NC(=O)CC(=O)O)C(=O)NCC[C@H](N)C(=O)O)NC(=O)CC(=O)O)C(=O)O. The third-order valence-electron chi connectivity index (χ3n) is 4.62. The summed E-state index contributed by atoms with van der Waals surface area (Å²) in [4.78, 5) is 92.0. The smallest absolute Gasteiger partial charge is 0.320 e. The van der Waals surface area contributed by atoms with E-state index in [-0.39, 0.29) is 37.4 Å². The van der Waals surface area contributed by atoms with Gasteiger partial charge in [-0.1, -0.05) is 21.6 Å². The van der Waals surface area contributed by atoms with Crippen LogP contribution in [0.25, 0.3) is 0 Å². The second-order valence-electron chi connectivity index (χ2n) is 8.00. The van der Waals surface area contributed by atoms with E-state index in [4.69, 9.17) is 31.9 Å². The zero-order valence-electron chi connectivity index (χ0n) is 21.0. The van der Waals surface area contributed by atoms with Gasteiger partial charge >= 0.3 is 23.9 Å². The number of nitrogens with two attached hydrogens (primary N) is 2. The molecule has 18 nitrogen and oxygen atoms in total. The van der Waals surface area contributed by atoms with Crippen LogP contribution < -0.4 is 32.7 Å². The minimum atomic E-state index is -1.44. The molecule has 0 aromatic rings. The van der Waals surface area contributed by atoms with Crippen LogP contribution in [0.15, 0.2) is 0 Å². The van der Waals surface area contributed by atoms with Crippen molar-refractivity contribution in [2.45, 2.75) is 49.9 Å². The van der Waals surface area contributed by atoms with Crippen LogP contribution in [-0.4, -0.2) is 117 Å². The van der Waals surface area contributed by atoms with Crippen LogP contribution in [0.5, 0.6) is 0 Å². The summed E-state index contributed by atoms with van der Waals surface area (Å²) in [7, 11) is 1.89. The lowest BCUT2D eigenvalue weighted by Gasteiger charge is -2.20. The lowest BCUT2D eigenvalue weighted by atomic mass is 10.2. The van der Waals surface area contributed by atoms with Gasteiger partial charge in [0, 0.05) is 24.6 Å². The van der Waals surface area contributed by atoms with Crippen LogP contribution in [0.2, 0.25) is 0 Å². The van der Waals surface area contributed by atoms with E-state index in [0.717, 1.165) is 21.6 Å². The zero-order chi connectivity index (χ0) is 30.8. The van der Waals surface area contributed by atoms with Gasteiger partial charge in [0.05, 0.1) is 0 Å². The highest BCUT2D eigenvalue weighted by molar-refractivity contribution is 8.76. The molecule has 4 amide bonds. The predicted molar refractivity (Wildman–Crippen MR) is 140 cm³/mol. The summed E-state index contributed by atoms with van der Waals surface area (Å²) < 4.78 is 0. The highest BCUT2D eigenvalue weighted by Crippen LogP contribution is 2.23. The van der Waals surface area contributed by atoms with Gasteiger partial charge in [-0.25, -0.2) is 0 Å². The number of carboxylic acids is 4. The van der Waals surface area contributed by atoms with Crippen LogP contribution in [0.1, 0.15) is 25.7 Å². The number of nitrogens with one attached hydrogen (secondary N) is 4. The molecule has 0 aliphatic carbocycles. The Hall–Kier alpha value is -3.62.